The number of carbonyl (C=O) groups is 2. The molecule has 1 N–H and O–H groups in total. The molecule has 0 radical (unpaired) electrons. The van der Waals surface area contributed by atoms with Crippen LogP contribution in [0.1, 0.15) is 180 Å². The van der Waals surface area contributed by atoms with Gasteiger partial charge in [-0.15, -0.1) is 0 Å². The van der Waals surface area contributed by atoms with E-state index in [0.717, 1.165) is 25.7 Å². The van der Waals surface area contributed by atoms with Crippen LogP contribution in [0.25, 0.3) is 0 Å². The van der Waals surface area contributed by atoms with Crippen molar-refractivity contribution < 1.29 is 19.4 Å². The summed E-state index contributed by atoms with van der Waals surface area (Å²) in [5, 5.41) is 9.31. The van der Waals surface area contributed by atoms with Crippen molar-refractivity contribution in [2.75, 3.05) is 6.61 Å². The van der Waals surface area contributed by atoms with E-state index in [0.29, 0.717) is 6.42 Å². The van der Waals surface area contributed by atoms with Gasteiger partial charge in [-0.2, -0.15) is 0 Å². The summed E-state index contributed by atoms with van der Waals surface area (Å²) < 4.78 is 4.91. The molecule has 0 bridgehead atoms. The molecular weight excluding hydrogens is 496 g/mol. The molecule has 4 nitrogen and oxygen atoms in total. The van der Waals surface area contributed by atoms with E-state index in [9.17, 15) is 14.7 Å². The number of carbonyl (C=O) groups excluding carboxylic acids is 1. The van der Waals surface area contributed by atoms with Crippen molar-refractivity contribution in [2.24, 2.45) is 5.92 Å². The normalized spacial score (nSPS) is 12.1. The van der Waals surface area contributed by atoms with Gasteiger partial charge in [-0.25, -0.2) is 0 Å². The highest BCUT2D eigenvalue weighted by Gasteiger charge is 2.21. The molecule has 0 aromatic heterocycles. The summed E-state index contributed by atoms with van der Waals surface area (Å²) in [6.07, 6.45) is 40.1. The Morgan fingerprint density at radius 1 is 0.625 bits per heavy atom. The fourth-order valence-corrected chi connectivity index (χ4v) is 5.31. The lowest BCUT2D eigenvalue weighted by Crippen LogP contribution is -2.19. The summed E-state index contributed by atoms with van der Waals surface area (Å²) in [4.78, 5) is 23.0. The topological polar surface area (TPSA) is 63.6 Å². The number of rotatable bonds is 32. The number of aliphatic carboxylic acids is 1. The molecule has 0 aliphatic rings. The number of ether oxygens (including phenoxy) is 1. The van der Waals surface area contributed by atoms with Gasteiger partial charge >= 0.3 is 11.9 Å². The lowest BCUT2D eigenvalue weighted by molar-refractivity contribution is -0.151. The summed E-state index contributed by atoms with van der Waals surface area (Å²) in [5.74, 6) is -2.02. The third-order valence-corrected chi connectivity index (χ3v) is 7.94. The lowest BCUT2D eigenvalue weighted by Gasteiger charge is -2.11. The van der Waals surface area contributed by atoms with E-state index in [1.54, 1.807) is 0 Å². The van der Waals surface area contributed by atoms with Gasteiger partial charge in [0, 0.05) is 0 Å². The van der Waals surface area contributed by atoms with Crippen LogP contribution in [0.3, 0.4) is 0 Å². The Morgan fingerprint density at radius 2 is 1.00 bits per heavy atom. The van der Waals surface area contributed by atoms with Crippen molar-refractivity contribution in [3.8, 4) is 0 Å². The minimum atomic E-state index is -0.912. The third-order valence-electron chi connectivity index (χ3n) is 7.94. The first kappa shape index (κ1) is 38.4. The monoisotopic (exact) mass is 562 g/mol. The zero-order valence-electron chi connectivity index (χ0n) is 26.5. The van der Waals surface area contributed by atoms with Gasteiger partial charge in [0.05, 0.1) is 12.3 Å². The second-order valence-electron chi connectivity index (χ2n) is 11.8. The van der Waals surface area contributed by atoms with E-state index in [-0.39, 0.29) is 13.0 Å². The molecule has 0 amide bonds. The SMILES string of the molecule is C=CCOC(=O)CC(CCCCC/C=C/CCCCCCCCCCCCCCCCCCCCCC)C(=O)O. The van der Waals surface area contributed by atoms with E-state index in [1.807, 2.05) is 0 Å². The van der Waals surface area contributed by atoms with Crippen LogP contribution in [0, 0.1) is 5.92 Å². The second-order valence-corrected chi connectivity index (χ2v) is 11.8. The van der Waals surface area contributed by atoms with Crippen LogP contribution in [0.5, 0.6) is 0 Å². The second kappa shape index (κ2) is 31.9. The molecule has 1 atom stereocenters. The van der Waals surface area contributed by atoms with Gasteiger partial charge in [0.25, 0.3) is 0 Å². The number of allylic oxidation sites excluding steroid dienone is 2. The molecule has 234 valence electrons. The quantitative estimate of drug-likeness (QED) is 0.0503. The van der Waals surface area contributed by atoms with E-state index < -0.39 is 17.9 Å². The maximum Gasteiger partial charge on any atom is 0.307 e. The van der Waals surface area contributed by atoms with E-state index in [2.05, 4.69) is 25.7 Å². The maximum atomic E-state index is 11.6. The molecule has 0 aliphatic heterocycles. The minimum absolute atomic E-state index is 0.0530. The molecule has 0 aliphatic carbocycles. The number of unbranched alkanes of at least 4 members (excludes halogenated alkanes) is 23. The first-order chi connectivity index (χ1) is 19.6. The Hall–Kier alpha value is -1.58. The van der Waals surface area contributed by atoms with Crippen LogP contribution >= 0.6 is 0 Å². The molecule has 40 heavy (non-hydrogen) atoms. The van der Waals surface area contributed by atoms with Gasteiger partial charge in [-0.05, 0) is 32.1 Å². The van der Waals surface area contributed by atoms with Crippen LogP contribution in [-0.2, 0) is 14.3 Å². The fraction of sp³-hybridized carbons (Fsp3) is 0.833. The van der Waals surface area contributed by atoms with Crippen LogP contribution in [0.15, 0.2) is 24.8 Å². The lowest BCUT2D eigenvalue weighted by atomic mass is 9.97. The molecule has 0 rings (SSSR count). The Labute approximate surface area is 248 Å². The van der Waals surface area contributed by atoms with Gasteiger partial charge in [-0.3, -0.25) is 9.59 Å². The Morgan fingerprint density at radius 3 is 1.38 bits per heavy atom. The smallest absolute Gasteiger partial charge is 0.307 e. The van der Waals surface area contributed by atoms with Crippen molar-refractivity contribution >= 4 is 11.9 Å². The van der Waals surface area contributed by atoms with Crippen LogP contribution in [0.4, 0.5) is 0 Å². The van der Waals surface area contributed by atoms with Crippen molar-refractivity contribution in [2.45, 2.75) is 180 Å². The van der Waals surface area contributed by atoms with Crippen LogP contribution < -0.4 is 0 Å². The molecule has 1 unspecified atom stereocenters. The fourth-order valence-electron chi connectivity index (χ4n) is 5.31. The Kier molecular flexibility index (Phi) is 30.7. The molecule has 0 aromatic carbocycles. The van der Waals surface area contributed by atoms with E-state index >= 15 is 0 Å². The first-order valence-electron chi connectivity index (χ1n) is 17.3. The number of hydrogen-bond donors (Lipinski definition) is 1. The largest absolute Gasteiger partial charge is 0.481 e. The number of hydrogen-bond acceptors (Lipinski definition) is 3. The molecule has 0 spiro atoms. The van der Waals surface area contributed by atoms with Crippen molar-refractivity contribution in [1.29, 1.82) is 0 Å². The number of esters is 1. The molecule has 0 aromatic rings. The minimum Gasteiger partial charge on any atom is -0.481 e. The number of carboxylic acid groups (broad SMARTS) is 1. The van der Waals surface area contributed by atoms with E-state index in [1.165, 1.54) is 141 Å². The molecule has 0 heterocycles. The maximum absolute atomic E-state index is 11.6. The molecule has 0 fully saturated rings. The Balaban J connectivity index is 3.33. The predicted octanol–water partition coefficient (Wildman–Crippen LogP) is 11.5. The van der Waals surface area contributed by atoms with Crippen molar-refractivity contribution in [3.05, 3.63) is 24.8 Å². The Bertz CT molecular complexity index is 598. The van der Waals surface area contributed by atoms with Crippen LogP contribution in [0.2, 0.25) is 0 Å². The highest BCUT2D eigenvalue weighted by Crippen LogP contribution is 2.17. The van der Waals surface area contributed by atoms with E-state index in [4.69, 9.17) is 4.74 Å². The standard InChI is InChI=1S/C36H66O4/c1-3-5-6-7-8-9-10-11-12-13-14-15-16-17-18-19-20-21-22-23-24-25-26-27-28-29-30-31-34(36(38)39)33-35(37)40-32-4-2/h4,25-26,34H,2-3,5-24,27-33H2,1H3,(H,38,39)/b26-25+. The van der Waals surface area contributed by atoms with Gasteiger partial charge < -0.3 is 9.84 Å². The summed E-state index contributed by atoms with van der Waals surface area (Å²) in [6.45, 7) is 5.92. The van der Waals surface area contributed by atoms with Crippen LogP contribution in [-0.4, -0.2) is 23.7 Å². The van der Waals surface area contributed by atoms with Crippen molar-refractivity contribution in [3.63, 3.8) is 0 Å². The average molecular weight is 563 g/mol. The van der Waals surface area contributed by atoms with Gasteiger partial charge in [0.1, 0.15) is 6.61 Å². The summed E-state index contributed by atoms with van der Waals surface area (Å²) in [5.41, 5.74) is 0. The number of carboxylic acids is 1. The highest BCUT2D eigenvalue weighted by atomic mass is 16.5. The summed E-state index contributed by atoms with van der Waals surface area (Å²) in [7, 11) is 0. The average Bonchev–Trinajstić information content (AvgIpc) is 2.94. The molecular formula is C36H66O4. The predicted molar refractivity (Wildman–Crippen MR) is 172 cm³/mol. The first-order valence-corrected chi connectivity index (χ1v) is 17.3. The molecule has 0 saturated heterocycles. The van der Waals surface area contributed by atoms with Crippen molar-refractivity contribution in [1.82, 2.24) is 0 Å². The zero-order valence-corrected chi connectivity index (χ0v) is 26.5. The highest BCUT2D eigenvalue weighted by molar-refractivity contribution is 5.78. The third kappa shape index (κ3) is 29.4. The zero-order chi connectivity index (χ0) is 29.4. The van der Waals surface area contributed by atoms with Gasteiger partial charge in [-0.1, -0.05) is 167 Å². The molecule has 4 heteroatoms. The van der Waals surface area contributed by atoms with Gasteiger partial charge in [0.2, 0.25) is 0 Å². The van der Waals surface area contributed by atoms with Gasteiger partial charge in [0.15, 0.2) is 0 Å². The summed E-state index contributed by atoms with van der Waals surface area (Å²) >= 11 is 0. The molecule has 0 saturated carbocycles. The summed E-state index contributed by atoms with van der Waals surface area (Å²) in [6, 6.07) is 0.